The number of hydrogen-bond acceptors (Lipinski definition) is 2. The zero-order chi connectivity index (χ0) is 14.1. The fourth-order valence-corrected chi connectivity index (χ4v) is 2.94. The average Bonchev–Trinajstić information content (AvgIpc) is 3.00. The second-order valence-electron chi connectivity index (χ2n) is 5.41. The maximum absolute atomic E-state index is 5.55. The minimum atomic E-state index is 0.808. The van der Waals surface area contributed by atoms with Crippen molar-refractivity contribution in [3.8, 4) is 5.75 Å². The number of nitrogens with one attached hydrogen (secondary N) is 1. The summed E-state index contributed by atoms with van der Waals surface area (Å²) in [6.45, 7) is 1.64. The number of rotatable bonds is 3. The molecule has 2 heteroatoms. The second-order valence-corrected chi connectivity index (χ2v) is 5.41. The molecule has 3 aromatic carbocycles. The Morgan fingerprint density at radius 3 is 2.86 bits per heavy atom. The molecule has 0 spiro atoms. The van der Waals surface area contributed by atoms with E-state index in [-0.39, 0.29) is 0 Å². The molecular weight excluding hydrogens is 258 g/mol. The van der Waals surface area contributed by atoms with Gasteiger partial charge >= 0.3 is 0 Å². The first kappa shape index (κ1) is 12.3. The number of benzene rings is 3. The first-order valence-electron chi connectivity index (χ1n) is 7.36. The Morgan fingerprint density at radius 1 is 0.952 bits per heavy atom. The predicted octanol–water partition coefficient (Wildman–Crippen LogP) is 4.39. The standard InChI is InChI=1S/C19H17NO/c1-2-7-18-14(4-1)5-3-6-16(18)13-20-17-8-9-19-15(12-17)10-11-21-19/h1-9,12,20H,10-11,13H2. The first-order chi connectivity index (χ1) is 10.4. The van der Waals surface area contributed by atoms with Crippen LogP contribution in [0.15, 0.2) is 60.7 Å². The fourth-order valence-electron chi connectivity index (χ4n) is 2.94. The zero-order valence-corrected chi connectivity index (χ0v) is 11.8. The van der Waals surface area contributed by atoms with Crippen molar-refractivity contribution in [3.05, 3.63) is 71.8 Å². The normalized spacial score (nSPS) is 13.0. The van der Waals surface area contributed by atoms with Gasteiger partial charge in [-0.3, -0.25) is 0 Å². The minimum Gasteiger partial charge on any atom is -0.493 e. The molecule has 1 aliphatic rings. The van der Waals surface area contributed by atoms with Gasteiger partial charge in [-0.1, -0.05) is 42.5 Å². The summed E-state index contributed by atoms with van der Waals surface area (Å²) in [4.78, 5) is 0. The molecule has 1 heterocycles. The summed E-state index contributed by atoms with van der Waals surface area (Å²) < 4.78 is 5.55. The molecule has 2 nitrogen and oxygen atoms in total. The highest BCUT2D eigenvalue weighted by Gasteiger charge is 2.11. The van der Waals surface area contributed by atoms with Crippen LogP contribution in [0.2, 0.25) is 0 Å². The lowest BCUT2D eigenvalue weighted by Crippen LogP contribution is -2.00. The van der Waals surface area contributed by atoms with E-state index in [9.17, 15) is 0 Å². The molecule has 0 saturated carbocycles. The van der Waals surface area contributed by atoms with Crippen LogP contribution >= 0.6 is 0 Å². The molecule has 0 fully saturated rings. The second kappa shape index (κ2) is 5.13. The minimum absolute atomic E-state index is 0.808. The molecule has 0 radical (unpaired) electrons. The Bertz CT molecular complexity index is 789. The van der Waals surface area contributed by atoms with Gasteiger partial charge in [0.05, 0.1) is 6.61 Å². The molecule has 1 N–H and O–H groups in total. The van der Waals surface area contributed by atoms with E-state index in [0.29, 0.717) is 0 Å². The van der Waals surface area contributed by atoms with Crippen molar-refractivity contribution in [2.45, 2.75) is 13.0 Å². The van der Waals surface area contributed by atoms with Gasteiger partial charge in [0.2, 0.25) is 0 Å². The van der Waals surface area contributed by atoms with Crippen LogP contribution in [0.4, 0.5) is 5.69 Å². The molecule has 0 saturated heterocycles. The monoisotopic (exact) mass is 275 g/mol. The van der Waals surface area contributed by atoms with Crippen LogP contribution in [0.1, 0.15) is 11.1 Å². The molecule has 0 unspecified atom stereocenters. The molecule has 3 aromatic rings. The van der Waals surface area contributed by atoms with Crippen molar-refractivity contribution < 1.29 is 4.74 Å². The highest BCUT2D eigenvalue weighted by Crippen LogP contribution is 2.28. The van der Waals surface area contributed by atoms with Crippen molar-refractivity contribution >= 4 is 16.5 Å². The van der Waals surface area contributed by atoms with E-state index in [2.05, 4.69) is 66.0 Å². The lowest BCUT2D eigenvalue weighted by atomic mass is 10.0. The van der Waals surface area contributed by atoms with Crippen LogP contribution < -0.4 is 10.1 Å². The average molecular weight is 275 g/mol. The molecule has 0 bridgehead atoms. The van der Waals surface area contributed by atoms with E-state index in [1.165, 1.54) is 21.9 Å². The van der Waals surface area contributed by atoms with Crippen molar-refractivity contribution in [2.75, 3.05) is 11.9 Å². The number of anilines is 1. The first-order valence-corrected chi connectivity index (χ1v) is 7.36. The third kappa shape index (κ3) is 2.33. The molecule has 0 aromatic heterocycles. The summed E-state index contributed by atoms with van der Waals surface area (Å²) in [5.74, 6) is 1.03. The molecule has 0 aliphatic carbocycles. The van der Waals surface area contributed by atoms with Gasteiger partial charge in [-0.2, -0.15) is 0 Å². The third-order valence-electron chi connectivity index (χ3n) is 4.05. The third-order valence-corrected chi connectivity index (χ3v) is 4.05. The van der Waals surface area contributed by atoms with E-state index in [1.54, 1.807) is 0 Å². The van der Waals surface area contributed by atoms with Crippen LogP contribution in [0.5, 0.6) is 5.75 Å². The van der Waals surface area contributed by atoms with Crippen LogP contribution in [-0.4, -0.2) is 6.61 Å². The highest BCUT2D eigenvalue weighted by molar-refractivity contribution is 5.85. The van der Waals surface area contributed by atoms with Gasteiger partial charge in [0.25, 0.3) is 0 Å². The maximum atomic E-state index is 5.55. The van der Waals surface area contributed by atoms with Crippen molar-refractivity contribution in [2.24, 2.45) is 0 Å². The maximum Gasteiger partial charge on any atom is 0.122 e. The van der Waals surface area contributed by atoms with Gasteiger partial charge in [0.1, 0.15) is 5.75 Å². The van der Waals surface area contributed by atoms with E-state index < -0.39 is 0 Å². The quantitative estimate of drug-likeness (QED) is 0.765. The smallest absolute Gasteiger partial charge is 0.122 e. The van der Waals surface area contributed by atoms with Crippen molar-refractivity contribution in [1.82, 2.24) is 0 Å². The number of hydrogen-bond donors (Lipinski definition) is 1. The van der Waals surface area contributed by atoms with Crippen LogP contribution in [-0.2, 0) is 13.0 Å². The predicted molar refractivity (Wildman–Crippen MR) is 86.9 cm³/mol. The molecular formula is C19H17NO. The summed E-state index contributed by atoms with van der Waals surface area (Å²) in [5.41, 5.74) is 3.79. The molecule has 1 aliphatic heterocycles. The lowest BCUT2D eigenvalue weighted by molar-refractivity contribution is 0.357. The highest BCUT2D eigenvalue weighted by atomic mass is 16.5. The Kier molecular flexibility index (Phi) is 3.00. The van der Waals surface area contributed by atoms with Gasteiger partial charge < -0.3 is 10.1 Å². The van der Waals surface area contributed by atoms with Crippen molar-refractivity contribution in [1.29, 1.82) is 0 Å². The summed E-state index contributed by atoms with van der Waals surface area (Å²) in [6.07, 6.45) is 1.01. The van der Waals surface area contributed by atoms with Gasteiger partial charge in [-0.25, -0.2) is 0 Å². The van der Waals surface area contributed by atoms with Gasteiger partial charge in [-0.15, -0.1) is 0 Å². The fraction of sp³-hybridized carbons (Fsp3) is 0.158. The van der Waals surface area contributed by atoms with E-state index in [1.807, 2.05) is 0 Å². The number of fused-ring (bicyclic) bond motifs is 2. The Balaban J connectivity index is 1.58. The summed E-state index contributed by atoms with van der Waals surface area (Å²) in [6, 6.07) is 21.3. The van der Waals surface area contributed by atoms with Crippen LogP contribution in [0, 0.1) is 0 Å². The van der Waals surface area contributed by atoms with Gasteiger partial charge in [-0.05, 0) is 40.1 Å². The lowest BCUT2D eigenvalue weighted by Gasteiger charge is -2.10. The summed E-state index contributed by atoms with van der Waals surface area (Å²) in [7, 11) is 0. The van der Waals surface area contributed by atoms with Gasteiger partial charge in [0, 0.05) is 18.7 Å². The Morgan fingerprint density at radius 2 is 1.86 bits per heavy atom. The Labute approximate surface area is 124 Å². The van der Waals surface area contributed by atoms with E-state index in [4.69, 9.17) is 4.74 Å². The van der Waals surface area contributed by atoms with E-state index in [0.717, 1.165) is 31.0 Å². The van der Waals surface area contributed by atoms with Crippen LogP contribution in [0.25, 0.3) is 10.8 Å². The Hall–Kier alpha value is -2.48. The molecule has 4 rings (SSSR count). The zero-order valence-electron chi connectivity index (χ0n) is 11.8. The SMILES string of the molecule is c1ccc2c(CNc3ccc4c(c3)CCO4)cccc2c1. The molecule has 104 valence electrons. The molecule has 21 heavy (non-hydrogen) atoms. The molecule has 0 amide bonds. The largest absolute Gasteiger partial charge is 0.493 e. The van der Waals surface area contributed by atoms with Crippen LogP contribution in [0.3, 0.4) is 0 Å². The summed E-state index contributed by atoms with van der Waals surface area (Å²) >= 11 is 0. The number of ether oxygens (including phenoxy) is 1. The topological polar surface area (TPSA) is 21.3 Å². The molecule has 0 atom stereocenters. The van der Waals surface area contributed by atoms with Gasteiger partial charge in [0.15, 0.2) is 0 Å². The van der Waals surface area contributed by atoms with Crippen molar-refractivity contribution in [3.63, 3.8) is 0 Å². The summed E-state index contributed by atoms with van der Waals surface area (Å²) in [5, 5.41) is 6.13. The van der Waals surface area contributed by atoms with E-state index >= 15 is 0 Å².